The number of carbonyl (C=O) groups excluding carboxylic acids is 3. The lowest BCUT2D eigenvalue weighted by Gasteiger charge is -2.31. The zero-order valence-corrected chi connectivity index (χ0v) is 10.1. The molecule has 0 aromatic rings. The van der Waals surface area contributed by atoms with Gasteiger partial charge in [0.2, 0.25) is 11.8 Å². The number of aliphatic hydroxyl groups excluding tert-OH is 4. The van der Waals surface area contributed by atoms with Crippen LogP contribution in [0, 0.1) is 0 Å². The second-order valence-electron chi connectivity index (χ2n) is 3.77. The van der Waals surface area contributed by atoms with E-state index < -0.39 is 42.8 Å². The molecule has 0 bridgehead atoms. The molecule has 8 heteroatoms. The molecular formula is C10H17NO7. The summed E-state index contributed by atoms with van der Waals surface area (Å²) in [5.41, 5.74) is 0. The standard InChI is InChI=1S/C10H17NO7/c1-5(14)11(6(2)15)7(3-12)9(17)10(18)8(16)4-13/h3,7-10,13,16-18H,4H2,1-2H3/t7-,8+,9+,10-/m0/s1. The summed E-state index contributed by atoms with van der Waals surface area (Å²) in [5, 5.41) is 36.8. The Bertz CT molecular complexity index is 305. The Hall–Kier alpha value is -1.35. The molecule has 4 atom stereocenters. The van der Waals surface area contributed by atoms with Gasteiger partial charge in [0.15, 0.2) is 0 Å². The smallest absolute Gasteiger partial charge is 0.226 e. The summed E-state index contributed by atoms with van der Waals surface area (Å²) in [5.74, 6) is -1.58. The molecule has 104 valence electrons. The summed E-state index contributed by atoms with van der Waals surface area (Å²) >= 11 is 0. The molecule has 0 unspecified atom stereocenters. The van der Waals surface area contributed by atoms with Crippen molar-refractivity contribution in [2.24, 2.45) is 0 Å². The lowest BCUT2D eigenvalue weighted by Crippen LogP contribution is -2.56. The number of amides is 2. The number of rotatable bonds is 6. The minimum absolute atomic E-state index is 0.112. The van der Waals surface area contributed by atoms with E-state index in [4.69, 9.17) is 10.2 Å². The summed E-state index contributed by atoms with van der Waals surface area (Å²) in [6, 6.07) is -1.63. The van der Waals surface area contributed by atoms with Gasteiger partial charge in [0, 0.05) is 13.8 Å². The van der Waals surface area contributed by atoms with Crippen LogP contribution in [0.4, 0.5) is 0 Å². The third kappa shape index (κ3) is 3.84. The molecule has 0 saturated carbocycles. The highest BCUT2D eigenvalue weighted by molar-refractivity contribution is 5.95. The van der Waals surface area contributed by atoms with Crippen molar-refractivity contribution >= 4 is 18.1 Å². The molecule has 2 amide bonds. The second-order valence-corrected chi connectivity index (χ2v) is 3.77. The van der Waals surface area contributed by atoms with Gasteiger partial charge in [-0.15, -0.1) is 0 Å². The molecule has 8 nitrogen and oxygen atoms in total. The lowest BCUT2D eigenvalue weighted by atomic mass is 10.0. The monoisotopic (exact) mass is 263 g/mol. The van der Waals surface area contributed by atoms with E-state index in [0.29, 0.717) is 4.90 Å². The van der Waals surface area contributed by atoms with Gasteiger partial charge in [-0.25, -0.2) is 0 Å². The van der Waals surface area contributed by atoms with Gasteiger partial charge in [-0.2, -0.15) is 0 Å². The van der Waals surface area contributed by atoms with Gasteiger partial charge in [-0.1, -0.05) is 0 Å². The fourth-order valence-electron chi connectivity index (χ4n) is 1.47. The Labute approximate surface area is 103 Å². The first-order valence-corrected chi connectivity index (χ1v) is 5.18. The molecule has 0 aliphatic heterocycles. The molecule has 0 aliphatic carbocycles. The highest BCUT2D eigenvalue weighted by Crippen LogP contribution is 2.10. The van der Waals surface area contributed by atoms with E-state index in [2.05, 4.69) is 0 Å². The van der Waals surface area contributed by atoms with Gasteiger partial charge in [-0.3, -0.25) is 14.5 Å². The van der Waals surface area contributed by atoms with E-state index in [1.807, 2.05) is 0 Å². The van der Waals surface area contributed by atoms with E-state index in [1.165, 1.54) is 0 Å². The first kappa shape index (κ1) is 16.6. The zero-order chi connectivity index (χ0) is 14.5. The molecular weight excluding hydrogens is 246 g/mol. The molecule has 0 aromatic carbocycles. The van der Waals surface area contributed by atoms with Crippen LogP contribution >= 0.6 is 0 Å². The maximum absolute atomic E-state index is 11.2. The van der Waals surface area contributed by atoms with Gasteiger partial charge >= 0.3 is 0 Å². The fourth-order valence-corrected chi connectivity index (χ4v) is 1.47. The Kier molecular flexibility index (Phi) is 6.63. The Balaban J connectivity index is 5.11. The second kappa shape index (κ2) is 7.17. The Morgan fingerprint density at radius 2 is 1.56 bits per heavy atom. The van der Waals surface area contributed by atoms with Crippen molar-refractivity contribution in [2.75, 3.05) is 6.61 Å². The van der Waals surface area contributed by atoms with Crippen molar-refractivity contribution in [3.8, 4) is 0 Å². The van der Waals surface area contributed by atoms with Gasteiger partial charge in [0.05, 0.1) is 6.61 Å². The molecule has 4 N–H and O–H groups in total. The van der Waals surface area contributed by atoms with Gasteiger partial charge < -0.3 is 25.2 Å². The van der Waals surface area contributed by atoms with E-state index >= 15 is 0 Å². The normalized spacial score (nSPS) is 17.4. The summed E-state index contributed by atoms with van der Waals surface area (Å²) in [6.07, 6.45) is -5.34. The van der Waals surface area contributed by atoms with Crippen molar-refractivity contribution in [1.29, 1.82) is 0 Å². The largest absolute Gasteiger partial charge is 0.394 e. The zero-order valence-electron chi connectivity index (χ0n) is 10.1. The van der Waals surface area contributed by atoms with Crippen LogP contribution in [0.15, 0.2) is 0 Å². The van der Waals surface area contributed by atoms with Crippen molar-refractivity contribution in [3.05, 3.63) is 0 Å². The quantitative estimate of drug-likeness (QED) is 0.375. The number of hydrogen-bond donors (Lipinski definition) is 4. The number of hydrogen-bond acceptors (Lipinski definition) is 7. The molecule has 0 aromatic heterocycles. The van der Waals surface area contributed by atoms with Crippen LogP contribution in [0.2, 0.25) is 0 Å². The van der Waals surface area contributed by atoms with Crippen LogP contribution in [0.25, 0.3) is 0 Å². The third-order valence-corrected chi connectivity index (χ3v) is 2.40. The average molecular weight is 263 g/mol. The molecule has 0 rings (SSSR count). The number of aliphatic hydroxyl groups is 4. The van der Waals surface area contributed by atoms with Gasteiger partial charge in [-0.05, 0) is 0 Å². The molecule has 0 heterocycles. The summed E-state index contributed by atoms with van der Waals surface area (Å²) < 4.78 is 0. The minimum Gasteiger partial charge on any atom is -0.394 e. The van der Waals surface area contributed by atoms with Gasteiger partial charge in [0.1, 0.15) is 30.6 Å². The molecule has 0 saturated heterocycles. The van der Waals surface area contributed by atoms with Crippen LogP contribution in [0.1, 0.15) is 13.8 Å². The summed E-state index contributed by atoms with van der Waals surface area (Å²) in [4.78, 5) is 33.7. The van der Waals surface area contributed by atoms with Crippen molar-refractivity contribution in [3.63, 3.8) is 0 Å². The Morgan fingerprint density at radius 1 is 1.11 bits per heavy atom. The van der Waals surface area contributed by atoms with Crippen LogP contribution in [-0.4, -0.2) is 74.4 Å². The SMILES string of the molecule is CC(=O)N(C(C)=O)[C@@H](C=O)[C@@H](O)[C@@H](O)[C@H](O)CO. The van der Waals surface area contributed by atoms with E-state index in [9.17, 15) is 24.6 Å². The molecule has 0 radical (unpaired) electrons. The minimum atomic E-state index is -1.89. The van der Waals surface area contributed by atoms with Crippen molar-refractivity contribution in [1.82, 2.24) is 4.90 Å². The first-order chi connectivity index (χ1) is 8.27. The Morgan fingerprint density at radius 3 is 1.83 bits per heavy atom. The highest BCUT2D eigenvalue weighted by Gasteiger charge is 2.37. The first-order valence-electron chi connectivity index (χ1n) is 5.18. The fraction of sp³-hybridized carbons (Fsp3) is 0.700. The predicted molar refractivity (Wildman–Crippen MR) is 58.2 cm³/mol. The lowest BCUT2D eigenvalue weighted by molar-refractivity contribution is -0.156. The maximum atomic E-state index is 11.2. The number of aldehydes is 1. The van der Waals surface area contributed by atoms with Crippen molar-refractivity contribution < 1.29 is 34.8 Å². The van der Waals surface area contributed by atoms with Crippen LogP contribution < -0.4 is 0 Å². The molecule has 18 heavy (non-hydrogen) atoms. The summed E-state index contributed by atoms with van der Waals surface area (Å²) in [6.45, 7) is 1.18. The molecule has 0 fully saturated rings. The average Bonchev–Trinajstić information content (AvgIpc) is 2.31. The van der Waals surface area contributed by atoms with Crippen LogP contribution in [-0.2, 0) is 14.4 Å². The highest BCUT2D eigenvalue weighted by atomic mass is 16.4. The summed E-state index contributed by atoms with van der Waals surface area (Å²) in [7, 11) is 0. The van der Waals surface area contributed by atoms with E-state index in [-0.39, 0.29) is 6.29 Å². The van der Waals surface area contributed by atoms with E-state index in [0.717, 1.165) is 13.8 Å². The maximum Gasteiger partial charge on any atom is 0.226 e. The third-order valence-electron chi connectivity index (χ3n) is 2.40. The predicted octanol–water partition coefficient (Wildman–Crippen LogP) is -2.98. The van der Waals surface area contributed by atoms with Gasteiger partial charge in [0.25, 0.3) is 0 Å². The molecule has 0 aliphatic rings. The number of imide groups is 1. The number of nitrogens with zero attached hydrogens (tertiary/aromatic N) is 1. The topological polar surface area (TPSA) is 135 Å². The van der Waals surface area contributed by atoms with Crippen LogP contribution in [0.3, 0.4) is 0 Å². The molecule has 0 spiro atoms. The van der Waals surface area contributed by atoms with E-state index in [1.54, 1.807) is 0 Å². The number of carbonyl (C=O) groups is 3. The van der Waals surface area contributed by atoms with Crippen LogP contribution in [0.5, 0.6) is 0 Å². The van der Waals surface area contributed by atoms with Crippen molar-refractivity contribution in [2.45, 2.75) is 38.2 Å².